The average molecular weight is 456 g/mol. The Bertz CT molecular complexity index is 1260. The number of hydrogen-bond donors (Lipinski definition) is 3. The molecule has 3 aromatic heterocycles. The molecule has 0 aliphatic carbocycles. The van der Waals surface area contributed by atoms with Crippen LogP contribution >= 0.6 is 7.82 Å². The lowest BCUT2D eigenvalue weighted by Crippen LogP contribution is -2.38. The predicted octanol–water partition coefficient (Wildman–Crippen LogP) is 2.19. The number of aromatic nitrogens is 4. The maximum atomic E-state index is 10.9. The minimum atomic E-state index is -4.61. The Morgan fingerprint density at radius 3 is 2.44 bits per heavy atom. The molecule has 0 saturated heterocycles. The lowest BCUT2D eigenvalue weighted by atomic mass is 10.0. The van der Waals surface area contributed by atoms with Crippen molar-refractivity contribution < 1.29 is 28.0 Å². The number of hydrogen-bond acceptors (Lipinski definition) is 6. The summed E-state index contributed by atoms with van der Waals surface area (Å²) in [6.07, 6.45) is 4.84. The fourth-order valence-corrected chi connectivity index (χ4v) is 3.57. The lowest BCUT2D eigenvalue weighted by Gasteiger charge is -2.07. The fourth-order valence-electron chi connectivity index (χ4n) is 3.29. The molecule has 166 valence electrons. The van der Waals surface area contributed by atoms with E-state index >= 15 is 0 Å². The van der Waals surface area contributed by atoms with Crippen LogP contribution in [0.3, 0.4) is 0 Å². The van der Waals surface area contributed by atoms with Crippen LogP contribution in [-0.2, 0) is 35.7 Å². The summed E-state index contributed by atoms with van der Waals surface area (Å²) in [6.45, 7) is -0.393. The van der Waals surface area contributed by atoms with Gasteiger partial charge in [-0.15, -0.1) is 0 Å². The Balaban J connectivity index is 1.44. The zero-order chi connectivity index (χ0) is 22.7. The zero-order valence-corrected chi connectivity index (χ0v) is 18.2. The molecule has 0 spiro atoms. The van der Waals surface area contributed by atoms with Crippen molar-refractivity contribution in [3.63, 3.8) is 0 Å². The number of aryl methyl sites for hydroxylation is 1. The molecule has 10 nitrogen and oxygen atoms in total. The van der Waals surface area contributed by atoms with Gasteiger partial charge in [-0.25, -0.2) is 13.7 Å². The van der Waals surface area contributed by atoms with Crippen LogP contribution in [0.25, 0.3) is 11.3 Å². The van der Waals surface area contributed by atoms with Gasteiger partial charge in [-0.3, -0.25) is 10.4 Å². The van der Waals surface area contributed by atoms with Gasteiger partial charge in [-0.05, 0) is 29.3 Å². The Morgan fingerprint density at radius 1 is 1.12 bits per heavy atom. The molecule has 0 radical (unpaired) electrons. The Hall–Kier alpha value is -3.30. The van der Waals surface area contributed by atoms with E-state index in [4.69, 9.17) is 20.0 Å². The molecule has 1 aromatic carbocycles. The summed E-state index contributed by atoms with van der Waals surface area (Å²) in [5.41, 5.74) is 10.7. The molecule has 32 heavy (non-hydrogen) atoms. The molecule has 0 saturated carbocycles. The van der Waals surface area contributed by atoms with Crippen LogP contribution < -0.4 is 10.3 Å². The minimum absolute atomic E-state index is 0.238. The molecular formula is C21H23N5O5P+. The summed E-state index contributed by atoms with van der Waals surface area (Å²) in [5, 5.41) is 8.53. The van der Waals surface area contributed by atoms with Gasteiger partial charge in [-0.1, -0.05) is 29.4 Å². The SMILES string of the molecule is Cn1ccc(Cc2ccc(Cc3cc(-c4ccc[n+](COP(=O)(O)O)c4N)on3)cc2)n1. The van der Waals surface area contributed by atoms with Crippen molar-refractivity contribution in [2.24, 2.45) is 7.05 Å². The summed E-state index contributed by atoms with van der Waals surface area (Å²) < 4.78 is 24.1. The van der Waals surface area contributed by atoms with Crippen molar-refractivity contribution in [3.05, 3.63) is 83.4 Å². The number of rotatable bonds is 8. The van der Waals surface area contributed by atoms with Gasteiger partial charge in [0.2, 0.25) is 6.73 Å². The molecule has 0 unspecified atom stereocenters. The maximum Gasteiger partial charge on any atom is 0.472 e. The second-order valence-corrected chi connectivity index (χ2v) is 8.60. The number of pyridine rings is 1. The molecule has 0 fully saturated rings. The fraction of sp³-hybridized carbons (Fsp3) is 0.190. The molecule has 0 aliphatic rings. The first-order valence-electron chi connectivity index (χ1n) is 9.77. The van der Waals surface area contributed by atoms with Crippen LogP contribution in [0, 0.1) is 0 Å². The lowest BCUT2D eigenvalue weighted by molar-refractivity contribution is -0.711. The quantitative estimate of drug-likeness (QED) is 0.271. The van der Waals surface area contributed by atoms with Gasteiger partial charge in [-0.2, -0.15) is 5.10 Å². The van der Waals surface area contributed by atoms with Gasteiger partial charge >= 0.3 is 7.82 Å². The van der Waals surface area contributed by atoms with Crippen molar-refractivity contribution in [1.29, 1.82) is 0 Å². The highest BCUT2D eigenvalue weighted by atomic mass is 31.2. The van der Waals surface area contributed by atoms with Gasteiger partial charge < -0.3 is 14.3 Å². The highest BCUT2D eigenvalue weighted by Crippen LogP contribution is 2.35. The molecule has 0 atom stereocenters. The van der Waals surface area contributed by atoms with Gasteiger partial charge in [0.25, 0.3) is 5.82 Å². The monoisotopic (exact) mass is 456 g/mol. The topological polar surface area (TPSA) is 141 Å². The van der Waals surface area contributed by atoms with Crippen molar-refractivity contribution in [2.75, 3.05) is 5.73 Å². The number of nitrogen functional groups attached to an aromatic ring is 1. The van der Waals surface area contributed by atoms with Crippen LogP contribution in [0.15, 0.2) is 65.4 Å². The number of phosphoric ester groups is 1. The van der Waals surface area contributed by atoms with Crippen molar-refractivity contribution in [3.8, 4) is 11.3 Å². The number of phosphoric acid groups is 1. The van der Waals surface area contributed by atoms with E-state index in [0.717, 1.165) is 23.4 Å². The Labute approximate surface area is 184 Å². The van der Waals surface area contributed by atoms with E-state index in [1.54, 1.807) is 29.1 Å². The second-order valence-electron chi connectivity index (χ2n) is 7.36. The highest BCUT2D eigenvalue weighted by molar-refractivity contribution is 7.46. The van der Waals surface area contributed by atoms with Crippen LogP contribution in [0.1, 0.15) is 22.5 Å². The largest absolute Gasteiger partial charge is 0.472 e. The third-order valence-electron chi connectivity index (χ3n) is 4.87. The molecule has 0 aliphatic heterocycles. The maximum absolute atomic E-state index is 10.9. The molecule has 0 amide bonds. The van der Waals surface area contributed by atoms with E-state index in [-0.39, 0.29) is 5.82 Å². The smallest absolute Gasteiger partial charge is 0.356 e. The molecule has 0 bridgehead atoms. The van der Waals surface area contributed by atoms with Gasteiger partial charge in [0, 0.05) is 32.2 Å². The van der Waals surface area contributed by atoms with Crippen molar-refractivity contribution in [1.82, 2.24) is 14.9 Å². The Morgan fingerprint density at radius 2 is 1.81 bits per heavy atom. The molecule has 11 heteroatoms. The molecule has 4 aromatic rings. The van der Waals surface area contributed by atoms with E-state index in [9.17, 15) is 4.57 Å². The van der Waals surface area contributed by atoms with E-state index in [1.165, 1.54) is 10.1 Å². The van der Waals surface area contributed by atoms with Crippen molar-refractivity contribution >= 4 is 13.6 Å². The second kappa shape index (κ2) is 9.05. The average Bonchev–Trinajstić information content (AvgIpc) is 3.37. The van der Waals surface area contributed by atoms with E-state index in [0.29, 0.717) is 17.7 Å². The van der Waals surface area contributed by atoms with Gasteiger partial charge in [0.15, 0.2) is 5.76 Å². The summed E-state index contributed by atoms with van der Waals surface area (Å²) in [6, 6.07) is 15.5. The zero-order valence-electron chi connectivity index (χ0n) is 17.3. The minimum Gasteiger partial charge on any atom is -0.356 e. The van der Waals surface area contributed by atoms with Crippen molar-refractivity contribution in [2.45, 2.75) is 19.6 Å². The van der Waals surface area contributed by atoms with E-state index in [2.05, 4.69) is 39.0 Å². The molecule has 4 N–H and O–H groups in total. The predicted molar refractivity (Wildman–Crippen MR) is 115 cm³/mol. The first kappa shape index (κ1) is 21.9. The third kappa shape index (κ3) is 5.49. The van der Waals surface area contributed by atoms with E-state index in [1.807, 2.05) is 19.3 Å². The first-order chi connectivity index (χ1) is 15.3. The van der Waals surface area contributed by atoms with Gasteiger partial charge in [0.05, 0.1) is 17.6 Å². The van der Waals surface area contributed by atoms with Gasteiger partial charge in [0.1, 0.15) is 5.56 Å². The molecule has 4 rings (SSSR count). The standard InChI is InChI=1S/C21H22N5O5P/c1-25-10-8-17(23-25)11-15-4-6-16(7-5-15)12-18-13-20(31-24-18)19-3-2-9-26(21(19)22)14-30-32(27,28)29/h2-10,13,22H,11-12,14H2,1H3,(H2,27,28,29)/p+1. The Kier molecular flexibility index (Phi) is 6.20. The van der Waals surface area contributed by atoms with Crippen LogP contribution in [0.4, 0.5) is 5.82 Å². The molecule has 3 heterocycles. The molecular weight excluding hydrogens is 433 g/mol. The normalized spacial score (nSPS) is 11.7. The summed E-state index contributed by atoms with van der Waals surface area (Å²) in [4.78, 5) is 17.8. The number of nitrogens with zero attached hydrogens (tertiary/aromatic N) is 4. The van der Waals surface area contributed by atoms with Crippen LogP contribution in [0.5, 0.6) is 0 Å². The number of nitrogens with two attached hydrogens (primary N) is 1. The van der Waals surface area contributed by atoms with Crippen LogP contribution in [0.2, 0.25) is 0 Å². The third-order valence-corrected chi connectivity index (χ3v) is 5.32. The summed E-state index contributed by atoms with van der Waals surface area (Å²) >= 11 is 0. The van der Waals surface area contributed by atoms with E-state index < -0.39 is 14.6 Å². The highest BCUT2D eigenvalue weighted by Gasteiger charge is 2.20. The summed E-state index contributed by atoms with van der Waals surface area (Å²) in [7, 11) is -2.71. The number of benzene rings is 1. The van der Waals surface area contributed by atoms with Crippen LogP contribution in [-0.4, -0.2) is 24.7 Å². The summed E-state index contributed by atoms with van der Waals surface area (Å²) in [5.74, 6) is 0.692. The number of anilines is 1. The first-order valence-corrected chi connectivity index (χ1v) is 11.3.